The van der Waals surface area contributed by atoms with Crippen molar-refractivity contribution in [2.45, 2.75) is 6.42 Å². The molecule has 0 unspecified atom stereocenters. The van der Waals surface area contributed by atoms with Crippen molar-refractivity contribution in [2.24, 2.45) is 0 Å². The summed E-state index contributed by atoms with van der Waals surface area (Å²) in [6.07, 6.45) is 4.44. The van der Waals surface area contributed by atoms with Crippen molar-refractivity contribution in [3.63, 3.8) is 0 Å². The van der Waals surface area contributed by atoms with Crippen molar-refractivity contribution in [1.29, 1.82) is 0 Å². The number of aromatic nitrogens is 4. The van der Waals surface area contributed by atoms with Gasteiger partial charge in [-0.2, -0.15) is 10.1 Å². The van der Waals surface area contributed by atoms with E-state index in [1.54, 1.807) is 18.3 Å². The van der Waals surface area contributed by atoms with Crippen LogP contribution < -0.4 is 10.6 Å². The van der Waals surface area contributed by atoms with Crippen LogP contribution in [-0.2, 0) is 6.42 Å². The summed E-state index contributed by atoms with van der Waals surface area (Å²) in [7, 11) is 0. The zero-order valence-electron chi connectivity index (χ0n) is 13.9. The van der Waals surface area contributed by atoms with Crippen LogP contribution in [0.3, 0.4) is 0 Å². The smallest absolute Gasteiger partial charge is 0.249 e. The van der Waals surface area contributed by atoms with E-state index in [1.807, 2.05) is 18.3 Å². The Hall–Kier alpha value is -3.48. The first-order chi connectivity index (χ1) is 12.8. The van der Waals surface area contributed by atoms with Crippen molar-refractivity contribution >= 4 is 28.4 Å². The van der Waals surface area contributed by atoms with E-state index in [9.17, 15) is 4.39 Å². The summed E-state index contributed by atoms with van der Waals surface area (Å²) < 4.78 is 13.3. The Bertz CT molecular complexity index is 1030. The van der Waals surface area contributed by atoms with E-state index in [2.05, 4.69) is 42.9 Å². The number of halogens is 1. The lowest BCUT2D eigenvalue weighted by Gasteiger charge is -2.07. The Morgan fingerprint density at radius 1 is 1.08 bits per heavy atom. The van der Waals surface area contributed by atoms with Crippen LogP contribution in [0.4, 0.5) is 21.8 Å². The highest BCUT2D eigenvalue weighted by atomic mass is 19.1. The summed E-state index contributed by atoms with van der Waals surface area (Å²) in [5.41, 5.74) is 2.95. The standard InChI is InChI=1S/C19H17FN6/c20-14-4-3-5-15(10-14)24-19-25-18(12-23-26-19)21-9-8-13-11-22-17-7-2-1-6-16(13)17/h1-7,10-12,22H,8-9H2,(H2,21,24,25,26). The van der Waals surface area contributed by atoms with Crippen LogP contribution in [-0.4, -0.2) is 26.7 Å². The first-order valence-corrected chi connectivity index (χ1v) is 8.29. The average Bonchev–Trinajstić information content (AvgIpc) is 3.06. The maximum atomic E-state index is 13.3. The van der Waals surface area contributed by atoms with Crippen molar-refractivity contribution in [3.8, 4) is 0 Å². The van der Waals surface area contributed by atoms with Crippen molar-refractivity contribution in [2.75, 3.05) is 17.2 Å². The second-order valence-corrected chi connectivity index (χ2v) is 5.84. The van der Waals surface area contributed by atoms with Gasteiger partial charge in [0.15, 0.2) is 5.82 Å². The molecule has 0 spiro atoms. The predicted octanol–water partition coefficient (Wildman–Crippen LogP) is 3.89. The fraction of sp³-hybridized carbons (Fsp3) is 0.105. The minimum atomic E-state index is -0.323. The van der Waals surface area contributed by atoms with Crippen LogP contribution in [0.2, 0.25) is 0 Å². The highest BCUT2D eigenvalue weighted by Crippen LogP contribution is 2.18. The van der Waals surface area contributed by atoms with Crippen molar-refractivity contribution in [1.82, 2.24) is 20.2 Å². The molecule has 7 heteroatoms. The Kier molecular flexibility index (Phi) is 4.42. The average molecular weight is 348 g/mol. The first kappa shape index (κ1) is 16.0. The second kappa shape index (κ2) is 7.18. The molecule has 2 heterocycles. The molecule has 4 aromatic rings. The third-order valence-corrected chi connectivity index (χ3v) is 4.01. The van der Waals surface area contributed by atoms with E-state index < -0.39 is 0 Å². The molecule has 2 aromatic heterocycles. The Labute approximate surface area is 149 Å². The number of nitrogens with zero attached hydrogens (tertiary/aromatic N) is 3. The largest absolute Gasteiger partial charge is 0.368 e. The van der Waals surface area contributed by atoms with E-state index in [-0.39, 0.29) is 5.82 Å². The van der Waals surface area contributed by atoms with Crippen molar-refractivity contribution < 1.29 is 4.39 Å². The molecule has 0 amide bonds. The molecule has 0 bridgehead atoms. The molecule has 0 saturated carbocycles. The highest BCUT2D eigenvalue weighted by molar-refractivity contribution is 5.83. The third kappa shape index (κ3) is 3.61. The summed E-state index contributed by atoms with van der Waals surface area (Å²) in [6.45, 7) is 0.708. The van der Waals surface area contributed by atoms with Gasteiger partial charge < -0.3 is 15.6 Å². The van der Waals surface area contributed by atoms with Gasteiger partial charge in [-0.25, -0.2) is 4.39 Å². The lowest BCUT2D eigenvalue weighted by atomic mass is 10.1. The molecule has 0 aliphatic heterocycles. The molecule has 0 radical (unpaired) electrons. The molecule has 26 heavy (non-hydrogen) atoms. The zero-order chi connectivity index (χ0) is 17.8. The van der Waals surface area contributed by atoms with E-state index in [0.29, 0.717) is 24.0 Å². The number of anilines is 3. The molecule has 0 aliphatic carbocycles. The van der Waals surface area contributed by atoms with Crippen molar-refractivity contribution in [3.05, 3.63) is 72.3 Å². The Morgan fingerprint density at radius 2 is 2.00 bits per heavy atom. The number of H-pyrrole nitrogens is 1. The van der Waals surface area contributed by atoms with Gasteiger partial charge in [0, 0.05) is 29.3 Å². The lowest BCUT2D eigenvalue weighted by molar-refractivity contribution is 0.628. The summed E-state index contributed by atoms with van der Waals surface area (Å²) in [5.74, 6) is 0.599. The van der Waals surface area contributed by atoms with Gasteiger partial charge in [0.25, 0.3) is 0 Å². The van der Waals surface area contributed by atoms with E-state index >= 15 is 0 Å². The highest BCUT2D eigenvalue weighted by Gasteiger charge is 2.05. The second-order valence-electron chi connectivity index (χ2n) is 5.84. The van der Waals surface area contributed by atoms with Gasteiger partial charge in [0.1, 0.15) is 5.82 Å². The van der Waals surface area contributed by atoms with Gasteiger partial charge >= 0.3 is 0 Å². The van der Waals surface area contributed by atoms with Crippen LogP contribution in [0.15, 0.2) is 60.9 Å². The van der Waals surface area contributed by atoms with Crippen LogP contribution in [0.1, 0.15) is 5.56 Å². The Morgan fingerprint density at radius 3 is 2.92 bits per heavy atom. The summed E-state index contributed by atoms with van der Waals surface area (Å²) in [6, 6.07) is 14.3. The normalized spacial score (nSPS) is 10.8. The SMILES string of the molecule is Fc1cccc(Nc2nncc(NCCc3c[nH]c4ccccc34)n2)c1. The van der Waals surface area contributed by atoms with Gasteiger partial charge in [0.2, 0.25) is 5.95 Å². The maximum Gasteiger partial charge on any atom is 0.249 e. The van der Waals surface area contributed by atoms with Gasteiger partial charge in [-0.05, 0) is 36.2 Å². The van der Waals surface area contributed by atoms with Gasteiger partial charge in [-0.15, -0.1) is 5.10 Å². The molecule has 0 atom stereocenters. The molecule has 0 saturated heterocycles. The number of benzene rings is 2. The molecular formula is C19H17FN6. The number of hydrogen-bond acceptors (Lipinski definition) is 5. The molecule has 130 valence electrons. The molecule has 0 aliphatic rings. The summed E-state index contributed by atoms with van der Waals surface area (Å²) in [4.78, 5) is 7.62. The van der Waals surface area contributed by atoms with Crippen LogP contribution >= 0.6 is 0 Å². The number of hydrogen-bond donors (Lipinski definition) is 3. The molecule has 3 N–H and O–H groups in total. The zero-order valence-corrected chi connectivity index (χ0v) is 13.9. The quantitative estimate of drug-likeness (QED) is 0.493. The molecule has 6 nitrogen and oxygen atoms in total. The molecule has 0 fully saturated rings. The molecule has 2 aromatic carbocycles. The monoisotopic (exact) mass is 348 g/mol. The van der Waals surface area contributed by atoms with Gasteiger partial charge in [-0.1, -0.05) is 24.3 Å². The van der Waals surface area contributed by atoms with Gasteiger partial charge in [-0.3, -0.25) is 0 Å². The number of nitrogens with one attached hydrogen (secondary N) is 3. The van der Waals surface area contributed by atoms with E-state index in [4.69, 9.17) is 0 Å². The van der Waals surface area contributed by atoms with Crippen LogP contribution in [0, 0.1) is 5.82 Å². The van der Waals surface area contributed by atoms with E-state index in [0.717, 1.165) is 11.9 Å². The fourth-order valence-electron chi connectivity index (χ4n) is 2.80. The summed E-state index contributed by atoms with van der Waals surface area (Å²) >= 11 is 0. The maximum absolute atomic E-state index is 13.3. The van der Waals surface area contributed by atoms with Crippen LogP contribution in [0.25, 0.3) is 10.9 Å². The van der Waals surface area contributed by atoms with Gasteiger partial charge in [0.05, 0.1) is 6.20 Å². The lowest BCUT2D eigenvalue weighted by Crippen LogP contribution is -2.08. The topological polar surface area (TPSA) is 78.5 Å². The first-order valence-electron chi connectivity index (χ1n) is 8.29. The molecular weight excluding hydrogens is 331 g/mol. The third-order valence-electron chi connectivity index (χ3n) is 4.01. The molecule has 4 rings (SSSR count). The number of para-hydroxylation sites is 1. The minimum absolute atomic E-state index is 0.313. The van der Waals surface area contributed by atoms with Crippen LogP contribution in [0.5, 0.6) is 0 Å². The minimum Gasteiger partial charge on any atom is -0.368 e. The Balaban J connectivity index is 1.39. The number of rotatable bonds is 6. The number of aromatic amines is 1. The predicted molar refractivity (Wildman–Crippen MR) is 100 cm³/mol. The fourth-order valence-corrected chi connectivity index (χ4v) is 2.80. The van der Waals surface area contributed by atoms with E-state index in [1.165, 1.54) is 23.1 Å². The number of fused-ring (bicyclic) bond motifs is 1. The summed E-state index contributed by atoms with van der Waals surface area (Å²) in [5, 5.41) is 15.3.